The second-order valence-electron chi connectivity index (χ2n) is 7.12. The van der Waals surface area contributed by atoms with Crippen molar-refractivity contribution in [1.82, 2.24) is 15.1 Å². The number of ether oxygens (including phenoxy) is 1. The lowest BCUT2D eigenvalue weighted by atomic mass is 10.1. The Labute approximate surface area is 181 Å². The van der Waals surface area contributed by atoms with Gasteiger partial charge >= 0.3 is 0 Å². The second kappa shape index (κ2) is 10.9. The zero-order valence-electron chi connectivity index (χ0n) is 16.9. The fourth-order valence-corrected chi connectivity index (χ4v) is 3.98. The average molecular weight is 487 g/mol. The van der Waals surface area contributed by atoms with Crippen molar-refractivity contribution in [2.45, 2.75) is 13.3 Å². The number of anilines is 1. The molecule has 6 nitrogen and oxygen atoms in total. The van der Waals surface area contributed by atoms with E-state index in [0.29, 0.717) is 0 Å². The van der Waals surface area contributed by atoms with Crippen LogP contribution in [0.2, 0.25) is 0 Å². The number of guanidine groups is 1. The first-order valence-electron chi connectivity index (χ1n) is 9.81. The average Bonchev–Trinajstić information content (AvgIpc) is 3.17. The van der Waals surface area contributed by atoms with Crippen molar-refractivity contribution < 1.29 is 4.74 Å². The maximum Gasteiger partial charge on any atom is 0.193 e. The van der Waals surface area contributed by atoms with Crippen LogP contribution in [0.4, 0.5) is 5.69 Å². The van der Waals surface area contributed by atoms with Crippen molar-refractivity contribution in [3.05, 3.63) is 24.3 Å². The number of likely N-dealkylation sites (tertiary alicyclic amines) is 1. The second-order valence-corrected chi connectivity index (χ2v) is 7.12. The molecule has 2 aliphatic heterocycles. The molecule has 2 fully saturated rings. The molecule has 2 heterocycles. The van der Waals surface area contributed by atoms with Gasteiger partial charge < -0.3 is 24.8 Å². The molecule has 1 N–H and O–H groups in total. The van der Waals surface area contributed by atoms with Crippen LogP contribution in [0, 0.1) is 5.92 Å². The quantitative estimate of drug-likeness (QED) is 0.393. The fraction of sp³-hybridized carbons (Fsp3) is 0.650. The highest BCUT2D eigenvalue weighted by Gasteiger charge is 2.24. The van der Waals surface area contributed by atoms with Gasteiger partial charge in [0, 0.05) is 46.3 Å². The van der Waals surface area contributed by atoms with Gasteiger partial charge in [-0.2, -0.15) is 0 Å². The molecule has 2 saturated heterocycles. The van der Waals surface area contributed by atoms with Crippen LogP contribution in [0.15, 0.2) is 29.3 Å². The summed E-state index contributed by atoms with van der Waals surface area (Å²) in [7, 11) is 3.63. The number of para-hydroxylation sites is 2. The van der Waals surface area contributed by atoms with E-state index in [4.69, 9.17) is 4.74 Å². The summed E-state index contributed by atoms with van der Waals surface area (Å²) in [6, 6.07) is 8.27. The predicted octanol–water partition coefficient (Wildman–Crippen LogP) is 2.35. The molecule has 0 saturated carbocycles. The lowest BCUT2D eigenvalue weighted by Crippen LogP contribution is -2.53. The summed E-state index contributed by atoms with van der Waals surface area (Å²) in [5.74, 6) is 2.73. The van der Waals surface area contributed by atoms with Crippen molar-refractivity contribution >= 4 is 35.6 Å². The first kappa shape index (κ1) is 22.1. The van der Waals surface area contributed by atoms with Gasteiger partial charge in [0.1, 0.15) is 5.75 Å². The number of hydrogen-bond acceptors (Lipinski definition) is 4. The molecule has 0 aliphatic carbocycles. The van der Waals surface area contributed by atoms with Crippen LogP contribution in [0.1, 0.15) is 13.3 Å². The van der Waals surface area contributed by atoms with Crippen molar-refractivity contribution in [3.8, 4) is 5.75 Å². The van der Waals surface area contributed by atoms with E-state index in [1.165, 1.54) is 25.2 Å². The monoisotopic (exact) mass is 487 g/mol. The lowest BCUT2D eigenvalue weighted by molar-refractivity contribution is 0.337. The van der Waals surface area contributed by atoms with Crippen molar-refractivity contribution in [2.75, 3.05) is 71.4 Å². The van der Waals surface area contributed by atoms with Gasteiger partial charge in [-0.15, -0.1) is 24.0 Å². The molecule has 2 aliphatic rings. The van der Waals surface area contributed by atoms with Crippen molar-refractivity contribution in [1.29, 1.82) is 0 Å². The fourth-order valence-electron chi connectivity index (χ4n) is 3.98. The summed E-state index contributed by atoms with van der Waals surface area (Å²) in [5, 5.41) is 3.61. The van der Waals surface area contributed by atoms with Gasteiger partial charge in [-0.05, 0) is 37.6 Å². The largest absolute Gasteiger partial charge is 0.495 e. The number of rotatable bonds is 5. The number of nitrogens with zero attached hydrogens (tertiary/aromatic N) is 4. The molecular formula is C20H34IN5O. The summed E-state index contributed by atoms with van der Waals surface area (Å²) >= 11 is 0. The Morgan fingerprint density at radius 2 is 1.93 bits per heavy atom. The molecule has 7 heteroatoms. The molecule has 1 aromatic carbocycles. The summed E-state index contributed by atoms with van der Waals surface area (Å²) in [6.07, 6.45) is 1.29. The Balaban J connectivity index is 0.00000261. The number of benzene rings is 1. The van der Waals surface area contributed by atoms with Crippen LogP contribution < -0.4 is 15.0 Å². The minimum absolute atomic E-state index is 0. The summed E-state index contributed by atoms with van der Waals surface area (Å²) in [6.45, 7) is 10.8. The van der Waals surface area contributed by atoms with Crippen molar-refractivity contribution in [2.24, 2.45) is 10.9 Å². The number of methoxy groups -OCH3 is 1. The Bertz CT molecular complexity index is 604. The number of halogens is 1. The van der Waals surface area contributed by atoms with Gasteiger partial charge in [0.25, 0.3) is 0 Å². The minimum Gasteiger partial charge on any atom is -0.495 e. The highest BCUT2D eigenvalue weighted by Crippen LogP contribution is 2.28. The highest BCUT2D eigenvalue weighted by atomic mass is 127. The number of aliphatic imine (C=N–C) groups is 1. The number of hydrogen-bond donors (Lipinski definition) is 1. The van der Waals surface area contributed by atoms with Gasteiger partial charge in [0.05, 0.1) is 12.8 Å². The van der Waals surface area contributed by atoms with Crippen LogP contribution in [0.5, 0.6) is 5.75 Å². The normalized spacial score (nSPS) is 21.1. The summed E-state index contributed by atoms with van der Waals surface area (Å²) < 4.78 is 5.51. The van der Waals surface area contributed by atoms with Crippen LogP contribution in [0.25, 0.3) is 0 Å². The standard InChI is InChI=1S/C20H33N5O.HI/c1-4-23-10-9-17(16-23)15-22-20(21-2)25-13-11-24(12-14-25)18-7-5-6-8-19(18)26-3;/h5-8,17H,4,9-16H2,1-3H3,(H,21,22);1H. The smallest absolute Gasteiger partial charge is 0.193 e. The SMILES string of the molecule is CCN1CCC(CNC(=NC)N2CCN(c3ccccc3OC)CC2)C1.I. The molecule has 3 rings (SSSR count). The molecule has 0 amide bonds. The van der Waals surface area contributed by atoms with Gasteiger partial charge in [-0.3, -0.25) is 4.99 Å². The van der Waals surface area contributed by atoms with E-state index in [1.54, 1.807) is 7.11 Å². The van der Waals surface area contributed by atoms with Gasteiger partial charge in [0.15, 0.2) is 5.96 Å². The zero-order chi connectivity index (χ0) is 18.4. The maximum atomic E-state index is 5.51. The summed E-state index contributed by atoms with van der Waals surface area (Å²) in [5.41, 5.74) is 1.18. The van der Waals surface area contributed by atoms with Crippen LogP contribution >= 0.6 is 24.0 Å². The predicted molar refractivity (Wildman–Crippen MR) is 124 cm³/mol. The molecule has 1 unspecified atom stereocenters. The van der Waals surface area contributed by atoms with E-state index < -0.39 is 0 Å². The lowest BCUT2D eigenvalue weighted by Gasteiger charge is -2.38. The maximum absolute atomic E-state index is 5.51. The summed E-state index contributed by atoms with van der Waals surface area (Å²) in [4.78, 5) is 11.8. The molecular weight excluding hydrogens is 453 g/mol. The van der Waals surface area contributed by atoms with Crippen LogP contribution in [-0.2, 0) is 0 Å². The van der Waals surface area contributed by atoms with Crippen molar-refractivity contribution in [3.63, 3.8) is 0 Å². The molecule has 0 radical (unpaired) electrons. The van der Waals surface area contributed by atoms with Gasteiger partial charge in [-0.1, -0.05) is 19.1 Å². The topological polar surface area (TPSA) is 43.3 Å². The third-order valence-electron chi connectivity index (χ3n) is 5.58. The van der Waals surface area contributed by atoms with E-state index >= 15 is 0 Å². The molecule has 0 aromatic heterocycles. The highest BCUT2D eigenvalue weighted by molar-refractivity contribution is 14.0. The molecule has 0 bridgehead atoms. The van der Waals surface area contributed by atoms with Crippen LogP contribution in [0.3, 0.4) is 0 Å². The third-order valence-corrected chi connectivity index (χ3v) is 5.58. The van der Waals surface area contributed by atoms with E-state index in [2.05, 4.69) is 44.1 Å². The van der Waals surface area contributed by atoms with E-state index in [9.17, 15) is 0 Å². The number of piperazine rings is 1. The van der Waals surface area contributed by atoms with Gasteiger partial charge in [0.2, 0.25) is 0 Å². The minimum atomic E-state index is 0. The zero-order valence-corrected chi connectivity index (χ0v) is 19.2. The first-order valence-corrected chi connectivity index (χ1v) is 9.81. The Hall–Kier alpha value is -1.22. The first-order chi connectivity index (χ1) is 12.7. The number of nitrogens with one attached hydrogen (secondary N) is 1. The molecule has 1 aromatic rings. The van der Waals surface area contributed by atoms with Crippen LogP contribution in [-0.4, -0.2) is 82.3 Å². The van der Waals surface area contributed by atoms with E-state index in [-0.39, 0.29) is 24.0 Å². The van der Waals surface area contributed by atoms with E-state index in [1.807, 2.05) is 19.2 Å². The third kappa shape index (κ3) is 5.63. The van der Waals surface area contributed by atoms with Gasteiger partial charge in [-0.25, -0.2) is 0 Å². The Morgan fingerprint density at radius 3 is 2.56 bits per heavy atom. The molecule has 1 atom stereocenters. The molecule has 27 heavy (non-hydrogen) atoms. The van der Waals surface area contributed by atoms with E-state index in [0.717, 1.165) is 56.9 Å². The Morgan fingerprint density at radius 1 is 1.19 bits per heavy atom. The Kier molecular flexibility index (Phi) is 8.95. The molecule has 152 valence electrons. The molecule has 0 spiro atoms.